The van der Waals surface area contributed by atoms with Gasteiger partial charge < -0.3 is 14.6 Å². The van der Waals surface area contributed by atoms with Gasteiger partial charge in [-0.15, -0.1) is 0 Å². The SMILES string of the molecule is COc1ccc(Cn2cc(C(=O)Nc3ccc(F)c(F)c3F)ccc2=O)cc1. The first-order valence-corrected chi connectivity index (χ1v) is 8.17. The van der Waals surface area contributed by atoms with E-state index in [2.05, 4.69) is 5.32 Å². The number of benzene rings is 2. The lowest BCUT2D eigenvalue weighted by Gasteiger charge is -2.10. The number of rotatable bonds is 5. The maximum atomic E-state index is 13.7. The van der Waals surface area contributed by atoms with Crippen LogP contribution >= 0.6 is 0 Å². The fraction of sp³-hybridized carbons (Fsp3) is 0.100. The average molecular weight is 388 g/mol. The number of methoxy groups -OCH3 is 1. The number of pyridine rings is 1. The molecule has 28 heavy (non-hydrogen) atoms. The van der Waals surface area contributed by atoms with Gasteiger partial charge in [0, 0.05) is 12.3 Å². The first kappa shape index (κ1) is 19.2. The molecule has 0 fully saturated rings. The first-order valence-electron chi connectivity index (χ1n) is 8.17. The number of carbonyl (C=O) groups excluding carboxylic acids is 1. The van der Waals surface area contributed by atoms with Gasteiger partial charge in [-0.2, -0.15) is 0 Å². The molecule has 0 saturated heterocycles. The van der Waals surface area contributed by atoms with Crippen LogP contribution in [0.4, 0.5) is 18.9 Å². The highest BCUT2D eigenvalue weighted by Gasteiger charge is 2.16. The topological polar surface area (TPSA) is 60.3 Å². The van der Waals surface area contributed by atoms with Crippen molar-refractivity contribution >= 4 is 11.6 Å². The molecule has 0 saturated carbocycles. The number of halogens is 3. The Bertz CT molecular complexity index is 1080. The van der Waals surface area contributed by atoms with Crippen molar-refractivity contribution in [3.05, 3.63) is 93.7 Å². The summed E-state index contributed by atoms with van der Waals surface area (Å²) in [7, 11) is 1.54. The molecule has 8 heteroatoms. The molecule has 0 aliphatic rings. The highest BCUT2D eigenvalue weighted by Crippen LogP contribution is 2.20. The number of hydrogen-bond donors (Lipinski definition) is 1. The lowest BCUT2D eigenvalue weighted by Crippen LogP contribution is -2.23. The lowest BCUT2D eigenvalue weighted by atomic mass is 10.2. The van der Waals surface area contributed by atoms with Crippen molar-refractivity contribution in [1.82, 2.24) is 4.57 Å². The summed E-state index contributed by atoms with van der Waals surface area (Å²) in [6, 6.07) is 11.1. The van der Waals surface area contributed by atoms with E-state index in [0.717, 1.165) is 11.6 Å². The molecule has 0 radical (unpaired) electrons. The Morgan fingerprint density at radius 3 is 2.39 bits per heavy atom. The molecule has 0 spiro atoms. The highest BCUT2D eigenvalue weighted by molar-refractivity contribution is 6.04. The summed E-state index contributed by atoms with van der Waals surface area (Å²) in [5.41, 5.74) is 0.00697. The van der Waals surface area contributed by atoms with Crippen LogP contribution in [0.15, 0.2) is 59.5 Å². The molecule has 0 aliphatic heterocycles. The van der Waals surface area contributed by atoms with E-state index in [1.807, 2.05) is 0 Å². The molecule has 3 aromatic rings. The molecule has 1 amide bonds. The molecular formula is C20H15F3N2O3. The molecular weight excluding hydrogens is 373 g/mol. The van der Waals surface area contributed by atoms with Gasteiger partial charge in [-0.1, -0.05) is 12.1 Å². The summed E-state index contributed by atoms with van der Waals surface area (Å²) < 4.78 is 46.4. The number of aromatic nitrogens is 1. The van der Waals surface area contributed by atoms with E-state index < -0.39 is 29.0 Å². The minimum absolute atomic E-state index is 0.0530. The van der Waals surface area contributed by atoms with Gasteiger partial charge in [0.25, 0.3) is 11.5 Å². The predicted molar refractivity (Wildman–Crippen MR) is 97.1 cm³/mol. The quantitative estimate of drug-likeness (QED) is 0.680. The third-order valence-electron chi connectivity index (χ3n) is 4.04. The Morgan fingerprint density at radius 1 is 1.00 bits per heavy atom. The van der Waals surface area contributed by atoms with Gasteiger partial charge >= 0.3 is 0 Å². The summed E-state index contributed by atoms with van der Waals surface area (Å²) in [4.78, 5) is 24.4. The van der Waals surface area contributed by atoms with Gasteiger partial charge in [0.1, 0.15) is 5.75 Å². The van der Waals surface area contributed by atoms with Crippen LogP contribution in [0.3, 0.4) is 0 Å². The fourth-order valence-electron chi connectivity index (χ4n) is 2.53. The molecule has 0 bridgehead atoms. The summed E-state index contributed by atoms with van der Waals surface area (Å²) in [5.74, 6) is -4.64. The van der Waals surface area contributed by atoms with E-state index in [0.29, 0.717) is 11.8 Å². The zero-order chi connectivity index (χ0) is 20.3. The molecule has 144 valence electrons. The van der Waals surface area contributed by atoms with Crippen LogP contribution in [0.25, 0.3) is 0 Å². The zero-order valence-electron chi connectivity index (χ0n) is 14.7. The van der Waals surface area contributed by atoms with Crippen LogP contribution in [0, 0.1) is 17.5 Å². The molecule has 1 N–H and O–H groups in total. The molecule has 5 nitrogen and oxygen atoms in total. The number of anilines is 1. The Labute approximate surface area is 158 Å². The second-order valence-corrected chi connectivity index (χ2v) is 5.91. The van der Waals surface area contributed by atoms with Crippen LogP contribution in [-0.4, -0.2) is 17.6 Å². The van der Waals surface area contributed by atoms with Crippen molar-refractivity contribution in [2.45, 2.75) is 6.54 Å². The summed E-state index contributed by atoms with van der Waals surface area (Å²) in [6.07, 6.45) is 1.31. The summed E-state index contributed by atoms with van der Waals surface area (Å²) >= 11 is 0. The number of nitrogens with one attached hydrogen (secondary N) is 1. The third-order valence-corrected chi connectivity index (χ3v) is 4.04. The van der Waals surface area contributed by atoms with Gasteiger partial charge in [-0.05, 0) is 35.9 Å². The number of amides is 1. The van der Waals surface area contributed by atoms with E-state index in [4.69, 9.17) is 4.74 Å². The first-order chi connectivity index (χ1) is 13.4. The molecule has 2 aromatic carbocycles. The molecule has 1 aromatic heterocycles. The minimum Gasteiger partial charge on any atom is -0.497 e. The van der Waals surface area contributed by atoms with Gasteiger partial charge in [-0.25, -0.2) is 13.2 Å². The molecule has 0 unspecified atom stereocenters. The highest BCUT2D eigenvalue weighted by atomic mass is 19.2. The molecule has 1 heterocycles. The van der Waals surface area contributed by atoms with Crippen molar-refractivity contribution in [2.24, 2.45) is 0 Å². The van der Waals surface area contributed by atoms with Gasteiger partial charge in [-0.3, -0.25) is 9.59 Å². The lowest BCUT2D eigenvalue weighted by molar-refractivity contribution is 0.102. The van der Waals surface area contributed by atoms with Crippen molar-refractivity contribution in [3.63, 3.8) is 0 Å². The van der Waals surface area contributed by atoms with Crippen LogP contribution in [0.5, 0.6) is 5.75 Å². The second kappa shape index (κ2) is 7.99. The van der Waals surface area contributed by atoms with E-state index in [9.17, 15) is 22.8 Å². The van der Waals surface area contributed by atoms with E-state index >= 15 is 0 Å². The monoisotopic (exact) mass is 388 g/mol. The van der Waals surface area contributed by atoms with Crippen LogP contribution in [0.1, 0.15) is 15.9 Å². The van der Waals surface area contributed by atoms with Gasteiger partial charge in [0.2, 0.25) is 0 Å². The number of hydrogen-bond acceptors (Lipinski definition) is 3. The number of nitrogens with zero attached hydrogens (tertiary/aromatic N) is 1. The smallest absolute Gasteiger partial charge is 0.257 e. The Hall–Kier alpha value is -3.55. The standard InChI is InChI=1S/C20H15F3N2O3/c1-28-14-5-2-12(3-6-14)10-25-11-13(4-9-17(25)26)20(27)24-16-8-7-15(21)18(22)19(16)23/h2-9,11H,10H2,1H3,(H,24,27). The van der Waals surface area contributed by atoms with Crippen molar-refractivity contribution < 1.29 is 22.7 Å². The fourth-order valence-corrected chi connectivity index (χ4v) is 2.53. The zero-order valence-corrected chi connectivity index (χ0v) is 14.7. The van der Waals surface area contributed by atoms with Crippen molar-refractivity contribution in [1.29, 1.82) is 0 Å². The number of ether oxygens (including phenoxy) is 1. The predicted octanol–water partition coefficient (Wildman–Crippen LogP) is 3.57. The minimum atomic E-state index is -1.68. The van der Waals surface area contributed by atoms with Gasteiger partial charge in [0.05, 0.1) is 24.9 Å². The number of carbonyl (C=O) groups is 1. The molecule has 0 aliphatic carbocycles. The van der Waals surface area contributed by atoms with Crippen molar-refractivity contribution in [3.8, 4) is 5.75 Å². The summed E-state index contributed by atoms with van der Waals surface area (Å²) in [6.45, 7) is 0.198. The molecule has 0 atom stereocenters. The second-order valence-electron chi connectivity index (χ2n) is 5.91. The Balaban J connectivity index is 1.83. The van der Waals surface area contributed by atoms with E-state index in [1.54, 1.807) is 24.3 Å². The van der Waals surface area contributed by atoms with Crippen molar-refractivity contribution in [2.75, 3.05) is 12.4 Å². The normalized spacial score (nSPS) is 10.6. The van der Waals surface area contributed by atoms with Gasteiger partial charge in [0.15, 0.2) is 17.5 Å². The maximum Gasteiger partial charge on any atom is 0.257 e. The summed E-state index contributed by atoms with van der Waals surface area (Å²) in [5, 5.41) is 2.17. The van der Waals surface area contributed by atoms with E-state index in [1.165, 1.54) is 30.0 Å². The van der Waals surface area contributed by atoms with E-state index in [-0.39, 0.29) is 17.7 Å². The molecule has 3 rings (SSSR count). The third kappa shape index (κ3) is 4.06. The van der Waals surface area contributed by atoms with Crippen LogP contribution in [0.2, 0.25) is 0 Å². The largest absolute Gasteiger partial charge is 0.497 e. The maximum absolute atomic E-state index is 13.7. The van der Waals surface area contributed by atoms with Crippen LogP contribution < -0.4 is 15.6 Å². The van der Waals surface area contributed by atoms with Crippen LogP contribution in [-0.2, 0) is 6.54 Å². The Kier molecular flexibility index (Phi) is 5.49. The average Bonchev–Trinajstić information content (AvgIpc) is 2.70. The Morgan fingerprint density at radius 2 is 1.71 bits per heavy atom.